The summed E-state index contributed by atoms with van der Waals surface area (Å²) in [6.07, 6.45) is 11.9. The van der Waals surface area contributed by atoms with E-state index in [0.29, 0.717) is 34.8 Å². The summed E-state index contributed by atoms with van der Waals surface area (Å²) in [5.74, 6) is 2.48. The number of fused-ring (bicyclic) bond motifs is 6. The molecule has 2 heterocycles. The second-order valence-electron chi connectivity index (χ2n) is 11.7. The van der Waals surface area contributed by atoms with Crippen LogP contribution in [0.2, 0.25) is 0 Å². The van der Waals surface area contributed by atoms with Crippen molar-refractivity contribution in [2.45, 2.75) is 82.7 Å². The molecule has 4 aliphatic carbocycles. The average molecular weight is 439 g/mol. The van der Waals surface area contributed by atoms with Gasteiger partial charge in [0.2, 0.25) is 5.91 Å². The molecule has 166 valence electrons. The minimum Gasteiger partial charge on any atom is -0.352 e. The molecule has 1 N–H and O–H groups in total. The van der Waals surface area contributed by atoms with Crippen molar-refractivity contribution in [3.05, 3.63) is 24.4 Å². The highest BCUT2D eigenvalue weighted by Gasteiger charge is 2.69. The topological polar surface area (TPSA) is 59.1 Å². The van der Waals surface area contributed by atoms with Crippen LogP contribution in [0.25, 0.3) is 0 Å². The third kappa shape index (κ3) is 2.91. The second-order valence-corrected chi connectivity index (χ2v) is 12.7. The maximum Gasteiger partial charge on any atom is 0.220 e. The quantitative estimate of drug-likeness (QED) is 0.643. The Balaban J connectivity index is 1.27. The molecule has 0 aromatic carbocycles. The van der Waals surface area contributed by atoms with Crippen molar-refractivity contribution in [3.8, 4) is 0 Å². The Hall–Kier alpha value is -1.36. The monoisotopic (exact) mass is 438 g/mol. The summed E-state index contributed by atoms with van der Waals surface area (Å²) < 4.78 is 0. The number of rotatable bonds is 2. The van der Waals surface area contributed by atoms with Gasteiger partial charge in [-0.1, -0.05) is 19.9 Å². The number of nitrogens with zero attached hydrogens (tertiary/aromatic N) is 1. The van der Waals surface area contributed by atoms with E-state index < -0.39 is 0 Å². The molecule has 5 heteroatoms. The van der Waals surface area contributed by atoms with Gasteiger partial charge >= 0.3 is 0 Å². The fourth-order valence-corrected chi connectivity index (χ4v) is 9.77. The van der Waals surface area contributed by atoms with E-state index >= 15 is 0 Å². The lowest BCUT2D eigenvalue weighted by molar-refractivity contribution is -0.148. The van der Waals surface area contributed by atoms with Crippen LogP contribution in [0.3, 0.4) is 0 Å². The molecular weight excluding hydrogens is 404 g/mol. The van der Waals surface area contributed by atoms with E-state index in [1.54, 1.807) is 6.20 Å². The number of hydrogen-bond acceptors (Lipinski definition) is 4. The average Bonchev–Trinajstić information content (AvgIpc) is 3.42. The predicted molar refractivity (Wildman–Crippen MR) is 121 cm³/mol. The molecule has 7 unspecified atom stereocenters. The molecule has 0 radical (unpaired) electrons. The minimum absolute atomic E-state index is 0.122. The smallest absolute Gasteiger partial charge is 0.220 e. The Morgan fingerprint density at radius 2 is 1.87 bits per heavy atom. The van der Waals surface area contributed by atoms with Crippen molar-refractivity contribution in [2.75, 3.05) is 0 Å². The Kier molecular flexibility index (Phi) is 4.46. The van der Waals surface area contributed by atoms with E-state index in [1.165, 1.54) is 43.9 Å². The van der Waals surface area contributed by atoms with Crippen molar-refractivity contribution in [1.29, 1.82) is 0 Å². The fraction of sp³-hybridized carbons (Fsp3) is 0.731. The zero-order valence-corrected chi connectivity index (χ0v) is 19.5. The van der Waals surface area contributed by atoms with Crippen LogP contribution in [0.1, 0.15) is 71.6 Å². The van der Waals surface area contributed by atoms with Gasteiger partial charge in [-0.05, 0) is 109 Å². The summed E-state index contributed by atoms with van der Waals surface area (Å²) in [5, 5.41) is 4.62. The Morgan fingerprint density at radius 3 is 2.61 bits per heavy atom. The molecule has 5 fully saturated rings. The molecule has 1 amide bonds. The summed E-state index contributed by atoms with van der Waals surface area (Å²) in [6.45, 7) is 4.92. The van der Waals surface area contributed by atoms with Crippen LogP contribution in [0.15, 0.2) is 29.4 Å². The Labute approximate surface area is 189 Å². The van der Waals surface area contributed by atoms with Gasteiger partial charge in [-0.15, -0.1) is 0 Å². The lowest BCUT2D eigenvalue weighted by Crippen LogP contribution is -2.65. The van der Waals surface area contributed by atoms with Gasteiger partial charge in [-0.3, -0.25) is 9.59 Å². The van der Waals surface area contributed by atoms with Gasteiger partial charge in [-0.25, -0.2) is 4.98 Å². The number of amides is 1. The van der Waals surface area contributed by atoms with E-state index in [1.807, 2.05) is 18.2 Å². The van der Waals surface area contributed by atoms with Gasteiger partial charge in [0.15, 0.2) is 5.12 Å². The third-order valence-corrected chi connectivity index (χ3v) is 11.4. The van der Waals surface area contributed by atoms with Crippen LogP contribution in [0, 0.1) is 39.9 Å². The summed E-state index contributed by atoms with van der Waals surface area (Å²) >= 11 is 1.36. The van der Waals surface area contributed by atoms with E-state index in [4.69, 9.17) is 0 Å². The van der Waals surface area contributed by atoms with Crippen molar-refractivity contribution in [3.63, 3.8) is 0 Å². The molecule has 4 saturated carbocycles. The van der Waals surface area contributed by atoms with Gasteiger partial charge in [0.05, 0.1) is 0 Å². The van der Waals surface area contributed by atoms with Gasteiger partial charge in [0, 0.05) is 24.6 Å². The fourth-order valence-electron chi connectivity index (χ4n) is 8.78. The number of pyridine rings is 1. The van der Waals surface area contributed by atoms with E-state index in [0.717, 1.165) is 30.2 Å². The molecule has 7 atom stereocenters. The first-order chi connectivity index (χ1) is 14.9. The highest BCUT2D eigenvalue weighted by molar-refractivity contribution is 8.13. The lowest BCUT2D eigenvalue weighted by Gasteiger charge is -2.62. The van der Waals surface area contributed by atoms with E-state index in [9.17, 15) is 9.59 Å². The van der Waals surface area contributed by atoms with Crippen LogP contribution in [-0.2, 0) is 9.59 Å². The molecule has 1 aromatic rings. The molecule has 1 saturated heterocycles. The lowest BCUT2D eigenvalue weighted by atomic mass is 9.44. The number of aromatic nitrogens is 1. The molecule has 1 aromatic heterocycles. The first-order valence-corrected chi connectivity index (χ1v) is 13.1. The van der Waals surface area contributed by atoms with E-state index in [2.05, 4.69) is 24.1 Å². The Morgan fingerprint density at radius 1 is 1.06 bits per heavy atom. The van der Waals surface area contributed by atoms with Gasteiger partial charge in [-0.2, -0.15) is 0 Å². The highest BCUT2D eigenvalue weighted by Crippen LogP contribution is 2.72. The summed E-state index contributed by atoms with van der Waals surface area (Å²) in [6, 6.07) is 6.20. The molecule has 1 spiro atoms. The van der Waals surface area contributed by atoms with Crippen LogP contribution >= 0.6 is 11.8 Å². The highest BCUT2D eigenvalue weighted by atomic mass is 32.2. The standard InChI is InChI=1S/C26H34N2O2S/c1-24-10-8-18-16(15-26(12-13-26)23-25(18,2)11-9-20(29)28-23)17(24)6-7-19(24)22(30)31-21-5-3-4-14-27-21/h3-5,14,16-19,23H,6-13,15H2,1-2H3,(H,28,29). The largest absolute Gasteiger partial charge is 0.352 e. The van der Waals surface area contributed by atoms with Crippen molar-refractivity contribution in [2.24, 2.45) is 39.9 Å². The van der Waals surface area contributed by atoms with Crippen LogP contribution in [-0.4, -0.2) is 22.0 Å². The number of carbonyl (C=O) groups excluding carboxylic acids is 2. The molecule has 31 heavy (non-hydrogen) atoms. The summed E-state index contributed by atoms with van der Waals surface area (Å²) in [4.78, 5) is 30.0. The van der Waals surface area contributed by atoms with Crippen molar-refractivity contribution >= 4 is 22.8 Å². The number of carbonyl (C=O) groups is 2. The van der Waals surface area contributed by atoms with Gasteiger partial charge in [0.1, 0.15) is 5.03 Å². The first kappa shape index (κ1) is 20.3. The van der Waals surface area contributed by atoms with Gasteiger partial charge < -0.3 is 5.32 Å². The summed E-state index contributed by atoms with van der Waals surface area (Å²) in [7, 11) is 0. The first-order valence-electron chi connectivity index (χ1n) is 12.3. The minimum atomic E-state index is 0.122. The van der Waals surface area contributed by atoms with Crippen molar-refractivity contribution < 1.29 is 9.59 Å². The number of piperidine rings is 1. The maximum absolute atomic E-state index is 13.4. The zero-order valence-electron chi connectivity index (χ0n) is 18.7. The third-order valence-electron chi connectivity index (χ3n) is 10.4. The van der Waals surface area contributed by atoms with Crippen LogP contribution in [0.5, 0.6) is 0 Å². The van der Waals surface area contributed by atoms with Gasteiger partial charge in [0.25, 0.3) is 0 Å². The molecular formula is C26H34N2O2S. The number of nitrogens with one attached hydrogen (secondary N) is 1. The second kappa shape index (κ2) is 6.82. The molecule has 1 aliphatic heterocycles. The molecule has 5 aliphatic rings. The van der Waals surface area contributed by atoms with Crippen LogP contribution in [0.4, 0.5) is 0 Å². The van der Waals surface area contributed by atoms with Crippen molar-refractivity contribution in [1.82, 2.24) is 10.3 Å². The van der Waals surface area contributed by atoms with E-state index in [-0.39, 0.29) is 22.7 Å². The molecule has 6 rings (SSSR count). The molecule has 0 bridgehead atoms. The predicted octanol–water partition coefficient (Wildman–Crippen LogP) is 5.23. The van der Waals surface area contributed by atoms with Crippen LogP contribution < -0.4 is 5.32 Å². The Bertz CT molecular complexity index is 915. The number of hydrogen-bond donors (Lipinski definition) is 1. The summed E-state index contributed by atoms with van der Waals surface area (Å²) in [5.41, 5.74) is 0.700. The SMILES string of the molecule is CC12CCC3C(CC4(CC4)C4NC(=O)CCC34C)C1CCC2C(=O)Sc1ccccn1. The number of thioether (sulfide) groups is 1. The normalized spacial score (nSPS) is 44.7. The molecule has 4 nitrogen and oxygen atoms in total. The maximum atomic E-state index is 13.4. The zero-order chi connectivity index (χ0) is 21.4.